The summed E-state index contributed by atoms with van der Waals surface area (Å²) < 4.78 is 15.6. The molecule has 27 heavy (non-hydrogen) atoms. The first-order valence-corrected chi connectivity index (χ1v) is 8.72. The molecule has 0 spiro atoms. The van der Waals surface area contributed by atoms with Crippen molar-refractivity contribution >= 4 is 16.9 Å². The smallest absolute Gasteiger partial charge is 0.251 e. The van der Waals surface area contributed by atoms with E-state index in [1.165, 1.54) is 12.1 Å². The van der Waals surface area contributed by atoms with E-state index in [0.717, 1.165) is 22.4 Å². The van der Waals surface area contributed by atoms with Gasteiger partial charge in [-0.1, -0.05) is 42.5 Å². The fourth-order valence-corrected chi connectivity index (χ4v) is 3.11. The Balaban J connectivity index is 1.63. The van der Waals surface area contributed by atoms with E-state index in [1.807, 2.05) is 53.1 Å². The van der Waals surface area contributed by atoms with Crippen molar-refractivity contribution in [3.05, 3.63) is 102 Å². The lowest BCUT2D eigenvalue weighted by Crippen LogP contribution is -2.24. The van der Waals surface area contributed by atoms with E-state index >= 15 is 0 Å². The van der Waals surface area contributed by atoms with Crippen LogP contribution in [0.4, 0.5) is 4.39 Å². The molecule has 4 aromatic rings. The van der Waals surface area contributed by atoms with Crippen LogP contribution in [0.3, 0.4) is 0 Å². The van der Waals surface area contributed by atoms with Gasteiger partial charge in [-0.05, 0) is 42.0 Å². The molecule has 0 bridgehead atoms. The quantitative estimate of drug-likeness (QED) is 0.582. The zero-order valence-corrected chi connectivity index (χ0v) is 14.6. The lowest BCUT2D eigenvalue weighted by atomic mass is 10.2. The second-order valence-electron chi connectivity index (χ2n) is 6.28. The summed E-state index contributed by atoms with van der Waals surface area (Å²) in [5.41, 5.74) is 3.24. The molecule has 134 valence electrons. The van der Waals surface area contributed by atoms with Crippen LogP contribution in [-0.4, -0.2) is 15.5 Å². The Morgan fingerprint density at radius 1 is 0.963 bits per heavy atom. The van der Waals surface area contributed by atoms with Crippen LogP contribution in [-0.2, 0) is 13.1 Å². The summed E-state index contributed by atoms with van der Waals surface area (Å²) in [6.07, 6.45) is 0. The molecule has 1 heterocycles. The maximum absolute atomic E-state index is 13.6. The average Bonchev–Trinajstić information content (AvgIpc) is 3.04. The molecule has 3 aromatic carbocycles. The summed E-state index contributed by atoms with van der Waals surface area (Å²) in [7, 11) is 0. The van der Waals surface area contributed by atoms with Crippen molar-refractivity contribution in [1.82, 2.24) is 14.9 Å². The average molecular weight is 359 g/mol. The number of rotatable bonds is 5. The van der Waals surface area contributed by atoms with Gasteiger partial charge in [0.25, 0.3) is 5.91 Å². The molecule has 1 aromatic heterocycles. The van der Waals surface area contributed by atoms with Gasteiger partial charge >= 0.3 is 0 Å². The van der Waals surface area contributed by atoms with Crippen LogP contribution in [0.2, 0.25) is 0 Å². The Morgan fingerprint density at radius 3 is 2.56 bits per heavy atom. The summed E-state index contributed by atoms with van der Waals surface area (Å²) >= 11 is 0. The van der Waals surface area contributed by atoms with Gasteiger partial charge in [0.1, 0.15) is 11.6 Å². The third-order valence-corrected chi connectivity index (χ3v) is 4.41. The predicted octanol–water partition coefficient (Wildman–Crippen LogP) is 4.15. The highest BCUT2D eigenvalue weighted by Crippen LogP contribution is 2.18. The summed E-state index contributed by atoms with van der Waals surface area (Å²) in [6.45, 7) is 0.770. The van der Waals surface area contributed by atoms with Crippen LogP contribution in [0.25, 0.3) is 11.0 Å². The highest BCUT2D eigenvalue weighted by Gasteiger charge is 2.13. The van der Waals surface area contributed by atoms with E-state index in [2.05, 4.69) is 10.3 Å². The first-order chi connectivity index (χ1) is 13.2. The SMILES string of the molecule is O=C(NCc1nc2ccccc2n1Cc1cccc(F)c1)c1ccccc1. The summed E-state index contributed by atoms with van der Waals surface area (Å²) in [6, 6.07) is 23.4. The number of halogens is 1. The standard InChI is InChI=1S/C22H18FN3O/c23-18-10-6-7-16(13-18)15-26-20-12-5-4-11-19(20)25-21(26)14-24-22(27)17-8-2-1-3-9-17/h1-13H,14-15H2,(H,24,27). The van der Waals surface area contributed by atoms with Gasteiger partial charge in [-0.25, -0.2) is 9.37 Å². The third kappa shape index (κ3) is 3.72. The molecule has 0 radical (unpaired) electrons. The number of nitrogens with one attached hydrogen (secondary N) is 1. The highest BCUT2D eigenvalue weighted by atomic mass is 19.1. The molecule has 0 fully saturated rings. The molecular weight excluding hydrogens is 341 g/mol. The molecule has 0 aliphatic rings. The van der Waals surface area contributed by atoms with E-state index in [0.29, 0.717) is 12.1 Å². The highest BCUT2D eigenvalue weighted by molar-refractivity contribution is 5.94. The number of fused-ring (bicyclic) bond motifs is 1. The molecular formula is C22H18FN3O. The number of carbonyl (C=O) groups is 1. The lowest BCUT2D eigenvalue weighted by Gasteiger charge is -2.11. The topological polar surface area (TPSA) is 46.9 Å². The Bertz CT molecular complexity index is 1090. The van der Waals surface area contributed by atoms with Crippen molar-refractivity contribution in [2.24, 2.45) is 0 Å². The van der Waals surface area contributed by atoms with Gasteiger partial charge in [-0.2, -0.15) is 0 Å². The molecule has 0 unspecified atom stereocenters. The Kier molecular flexibility index (Phi) is 4.66. The first kappa shape index (κ1) is 17.0. The van der Waals surface area contributed by atoms with Gasteiger partial charge in [0.15, 0.2) is 0 Å². The molecule has 1 N–H and O–H groups in total. The Hall–Kier alpha value is -3.47. The van der Waals surface area contributed by atoms with E-state index in [4.69, 9.17) is 0 Å². The fourth-order valence-electron chi connectivity index (χ4n) is 3.11. The summed E-state index contributed by atoms with van der Waals surface area (Å²) in [5.74, 6) is 0.306. The van der Waals surface area contributed by atoms with E-state index < -0.39 is 0 Å². The summed E-state index contributed by atoms with van der Waals surface area (Å²) in [4.78, 5) is 17.0. The number of imidazole rings is 1. The number of nitrogens with zero attached hydrogens (tertiary/aromatic N) is 2. The maximum atomic E-state index is 13.6. The molecule has 0 atom stereocenters. The molecule has 0 saturated carbocycles. The molecule has 4 nitrogen and oxygen atoms in total. The Labute approximate surface area is 156 Å². The van der Waals surface area contributed by atoms with Crippen LogP contribution in [0.1, 0.15) is 21.7 Å². The lowest BCUT2D eigenvalue weighted by molar-refractivity contribution is 0.0949. The van der Waals surface area contributed by atoms with Crippen LogP contribution < -0.4 is 5.32 Å². The minimum atomic E-state index is -0.268. The van der Waals surface area contributed by atoms with E-state index in [1.54, 1.807) is 18.2 Å². The Morgan fingerprint density at radius 2 is 1.74 bits per heavy atom. The number of hydrogen-bond donors (Lipinski definition) is 1. The molecule has 4 rings (SSSR count). The van der Waals surface area contributed by atoms with Gasteiger partial charge in [0.05, 0.1) is 17.6 Å². The van der Waals surface area contributed by atoms with Crippen molar-refractivity contribution in [1.29, 1.82) is 0 Å². The molecule has 1 amide bonds. The molecule has 5 heteroatoms. The van der Waals surface area contributed by atoms with Crippen LogP contribution in [0, 0.1) is 5.82 Å². The molecule has 0 saturated heterocycles. The number of aromatic nitrogens is 2. The minimum Gasteiger partial charge on any atom is -0.345 e. The van der Waals surface area contributed by atoms with Crippen molar-refractivity contribution in [2.45, 2.75) is 13.1 Å². The van der Waals surface area contributed by atoms with E-state index in [-0.39, 0.29) is 18.3 Å². The van der Waals surface area contributed by atoms with Gasteiger partial charge < -0.3 is 9.88 Å². The normalized spacial score (nSPS) is 10.9. The van der Waals surface area contributed by atoms with Crippen LogP contribution in [0.15, 0.2) is 78.9 Å². The zero-order valence-electron chi connectivity index (χ0n) is 14.6. The minimum absolute atomic E-state index is 0.153. The zero-order chi connectivity index (χ0) is 18.6. The maximum Gasteiger partial charge on any atom is 0.251 e. The van der Waals surface area contributed by atoms with E-state index in [9.17, 15) is 9.18 Å². The number of carbonyl (C=O) groups excluding carboxylic acids is 1. The number of benzene rings is 3. The largest absolute Gasteiger partial charge is 0.345 e. The van der Waals surface area contributed by atoms with Gasteiger partial charge in [0, 0.05) is 12.1 Å². The molecule has 0 aliphatic heterocycles. The van der Waals surface area contributed by atoms with Crippen molar-refractivity contribution in [3.63, 3.8) is 0 Å². The van der Waals surface area contributed by atoms with Crippen molar-refractivity contribution in [2.75, 3.05) is 0 Å². The number of para-hydroxylation sites is 2. The molecule has 0 aliphatic carbocycles. The van der Waals surface area contributed by atoms with Gasteiger partial charge in [0.2, 0.25) is 0 Å². The summed E-state index contributed by atoms with van der Waals surface area (Å²) in [5, 5.41) is 2.92. The van der Waals surface area contributed by atoms with Crippen LogP contribution >= 0.6 is 0 Å². The van der Waals surface area contributed by atoms with Crippen LogP contribution in [0.5, 0.6) is 0 Å². The second kappa shape index (κ2) is 7.41. The first-order valence-electron chi connectivity index (χ1n) is 8.72. The monoisotopic (exact) mass is 359 g/mol. The van der Waals surface area contributed by atoms with Gasteiger partial charge in [-0.15, -0.1) is 0 Å². The van der Waals surface area contributed by atoms with Gasteiger partial charge in [-0.3, -0.25) is 4.79 Å². The number of hydrogen-bond acceptors (Lipinski definition) is 2. The fraction of sp³-hybridized carbons (Fsp3) is 0.0909. The van der Waals surface area contributed by atoms with Crippen molar-refractivity contribution in [3.8, 4) is 0 Å². The second-order valence-corrected chi connectivity index (χ2v) is 6.28. The predicted molar refractivity (Wildman–Crippen MR) is 103 cm³/mol. The number of amides is 1. The third-order valence-electron chi connectivity index (χ3n) is 4.41. The van der Waals surface area contributed by atoms with Crippen molar-refractivity contribution < 1.29 is 9.18 Å².